The molecule has 0 atom stereocenters. The Morgan fingerprint density at radius 3 is 2.15 bits per heavy atom. The molecule has 0 heteroatoms. The van der Waals surface area contributed by atoms with Crippen LogP contribution in [0.3, 0.4) is 0 Å². The smallest absolute Gasteiger partial charge is 0.0187 e. The molecule has 0 aromatic heterocycles. The van der Waals surface area contributed by atoms with E-state index in [1.54, 1.807) is 0 Å². The second-order valence-electron chi connectivity index (χ2n) is 3.11. The van der Waals surface area contributed by atoms with Gasteiger partial charge in [0.2, 0.25) is 0 Å². The molecule has 1 aromatic rings. The van der Waals surface area contributed by atoms with E-state index < -0.39 is 0 Å². The van der Waals surface area contributed by atoms with E-state index in [-0.39, 0.29) is 0 Å². The molecule has 13 heavy (non-hydrogen) atoms. The average molecular weight is 172 g/mol. The average Bonchev–Trinajstić information content (AvgIpc) is 2.16. The summed E-state index contributed by atoms with van der Waals surface area (Å²) in [5.41, 5.74) is 3.87. The first-order valence-electron chi connectivity index (χ1n) is 4.64. The molecule has 0 aliphatic rings. The van der Waals surface area contributed by atoms with Crippen molar-refractivity contribution in [3.63, 3.8) is 0 Å². The van der Waals surface area contributed by atoms with Gasteiger partial charge in [-0.05, 0) is 31.9 Å². The zero-order valence-corrected chi connectivity index (χ0v) is 8.54. The molecular formula is C13H16. The molecule has 0 fully saturated rings. The topological polar surface area (TPSA) is 0 Å². The molecule has 0 bridgehead atoms. The highest BCUT2D eigenvalue weighted by Crippen LogP contribution is 2.16. The lowest BCUT2D eigenvalue weighted by Crippen LogP contribution is -1.80. The van der Waals surface area contributed by atoms with Crippen LogP contribution in [-0.4, -0.2) is 0 Å². The van der Waals surface area contributed by atoms with Crippen LogP contribution in [0.5, 0.6) is 0 Å². The minimum atomic E-state index is 1.28. The quantitative estimate of drug-likeness (QED) is 0.592. The Balaban J connectivity index is 3.00. The summed E-state index contributed by atoms with van der Waals surface area (Å²) in [6.07, 6.45) is 6.32. The summed E-state index contributed by atoms with van der Waals surface area (Å²) in [6, 6.07) is 8.60. The van der Waals surface area contributed by atoms with Crippen molar-refractivity contribution in [2.24, 2.45) is 0 Å². The maximum atomic E-state index is 2.16. The Kier molecular flexibility index (Phi) is 3.51. The van der Waals surface area contributed by atoms with E-state index >= 15 is 0 Å². The SMILES string of the molecule is C/C=C\C(=C/C)c1ccc(C)cc1. The van der Waals surface area contributed by atoms with Crippen LogP contribution in [0.4, 0.5) is 0 Å². The second kappa shape index (κ2) is 4.66. The molecule has 0 radical (unpaired) electrons. The van der Waals surface area contributed by atoms with Crippen LogP contribution < -0.4 is 0 Å². The predicted octanol–water partition coefficient (Wildman–Crippen LogP) is 3.97. The van der Waals surface area contributed by atoms with Crippen LogP contribution in [0, 0.1) is 6.92 Å². The van der Waals surface area contributed by atoms with E-state index in [0.717, 1.165) is 0 Å². The van der Waals surface area contributed by atoms with Crippen LogP contribution in [0.25, 0.3) is 5.57 Å². The van der Waals surface area contributed by atoms with Crippen LogP contribution in [0.2, 0.25) is 0 Å². The third-order valence-corrected chi connectivity index (χ3v) is 2.04. The van der Waals surface area contributed by atoms with Crippen molar-refractivity contribution in [3.8, 4) is 0 Å². The largest absolute Gasteiger partial charge is 0.0871 e. The number of allylic oxidation sites excluding steroid dienone is 4. The molecule has 0 heterocycles. The van der Waals surface area contributed by atoms with E-state index in [9.17, 15) is 0 Å². The van der Waals surface area contributed by atoms with Crippen LogP contribution in [-0.2, 0) is 0 Å². The van der Waals surface area contributed by atoms with Gasteiger partial charge < -0.3 is 0 Å². The van der Waals surface area contributed by atoms with Gasteiger partial charge in [0.15, 0.2) is 0 Å². The fraction of sp³-hybridized carbons (Fsp3) is 0.231. The van der Waals surface area contributed by atoms with Gasteiger partial charge in [-0.3, -0.25) is 0 Å². The first-order valence-corrected chi connectivity index (χ1v) is 4.64. The zero-order valence-electron chi connectivity index (χ0n) is 8.54. The van der Waals surface area contributed by atoms with Gasteiger partial charge in [-0.15, -0.1) is 0 Å². The highest BCUT2D eigenvalue weighted by Gasteiger charge is 1.94. The molecule has 0 aliphatic heterocycles. The van der Waals surface area contributed by atoms with Crippen LogP contribution in [0.1, 0.15) is 25.0 Å². The van der Waals surface area contributed by atoms with E-state index in [2.05, 4.69) is 56.3 Å². The number of hydrogen-bond donors (Lipinski definition) is 0. The van der Waals surface area contributed by atoms with Crippen LogP contribution >= 0.6 is 0 Å². The van der Waals surface area contributed by atoms with Crippen molar-refractivity contribution in [2.75, 3.05) is 0 Å². The molecule has 0 amide bonds. The molecular weight excluding hydrogens is 156 g/mol. The Hall–Kier alpha value is -1.30. The number of hydrogen-bond acceptors (Lipinski definition) is 0. The zero-order chi connectivity index (χ0) is 9.68. The van der Waals surface area contributed by atoms with Gasteiger partial charge in [0.25, 0.3) is 0 Å². The molecule has 0 saturated heterocycles. The van der Waals surface area contributed by atoms with Gasteiger partial charge in [0.05, 0.1) is 0 Å². The number of benzene rings is 1. The van der Waals surface area contributed by atoms with Crippen LogP contribution in [0.15, 0.2) is 42.5 Å². The molecule has 0 spiro atoms. The van der Waals surface area contributed by atoms with Gasteiger partial charge in [-0.25, -0.2) is 0 Å². The maximum absolute atomic E-state index is 2.16. The first kappa shape index (κ1) is 9.79. The molecule has 0 aliphatic carbocycles. The van der Waals surface area contributed by atoms with E-state index in [1.807, 2.05) is 6.92 Å². The third-order valence-electron chi connectivity index (χ3n) is 2.04. The van der Waals surface area contributed by atoms with Crippen molar-refractivity contribution in [2.45, 2.75) is 20.8 Å². The summed E-state index contributed by atoms with van der Waals surface area (Å²) >= 11 is 0. The highest BCUT2D eigenvalue weighted by atomic mass is 14.0. The lowest BCUT2D eigenvalue weighted by atomic mass is 10.0. The molecule has 1 rings (SSSR count). The lowest BCUT2D eigenvalue weighted by Gasteiger charge is -2.01. The molecule has 0 nitrogen and oxygen atoms in total. The Labute approximate surface area is 80.6 Å². The first-order chi connectivity index (χ1) is 6.27. The standard InChI is InChI=1S/C13H16/c1-4-6-12(5-2)13-9-7-11(3)8-10-13/h4-10H,1-3H3/b6-4-,12-5+. The number of aryl methyl sites for hydroxylation is 1. The second-order valence-corrected chi connectivity index (χ2v) is 3.11. The summed E-state index contributed by atoms with van der Waals surface area (Å²) in [7, 11) is 0. The molecule has 0 unspecified atom stereocenters. The van der Waals surface area contributed by atoms with Gasteiger partial charge in [0.1, 0.15) is 0 Å². The maximum Gasteiger partial charge on any atom is -0.0187 e. The van der Waals surface area contributed by atoms with Gasteiger partial charge >= 0.3 is 0 Å². The van der Waals surface area contributed by atoms with E-state index in [4.69, 9.17) is 0 Å². The number of rotatable bonds is 2. The Morgan fingerprint density at radius 1 is 1.08 bits per heavy atom. The van der Waals surface area contributed by atoms with Gasteiger partial charge in [0, 0.05) is 0 Å². The van der Waals surface area contributed by atoms with Gasteiger partial charge in [-0.1, -0.05) is 48.1 Å². The van der Waals surface area contributed by atoms with E-state index in [1.165, 1.54) is 16.7 Å². The third kappa shape index (κ3) is 2.59. The van der Waals surface area contributed by atoms with Crippen molar-refractivity contribution in [1.82, 2.24) is 0 Å². The summed E-state index contributed by atoms with van der Waals surface area (Å²) in [5.74, 6) is 0. The lowest BCUT2D eigenvalue weighted by molar-refractivity contribution is 1.45. The summed E-state index contributed by atoms with van der Waals surface area (Å²) in [4.78, 5) is 0. The van der Waals surface area contributed by atoms with Crippen molar-refractivity contribution in [1.29, 1.82) is 0 Å². The van der Waals surface area contributed by atoms with Crippen molar-refractivity contribution in [3.05, 3.63) is 53.6 Å². The molecule has 68 valence electrons. The highest BCUT2D eigenvalue weighted by molar-refractivity contribution is 5.73. The summed E-state index contributed by atoms with van der Waals surface area (Å²) in [6.45, 7) is 6.21. The molecule has 1 aromatic carbocycles. The normalized spacial score (nSPS) is 12.4. The van der Waals surface area contributed by atoms with Crippen molar-refractivity contribution < 1.29 is 0 Å². The molecule has 0 saturated carbocycles. The van der Waals surface area contributed by atoms with E-state index in [0.29, 0.717) is 0 Å². The minimum Gasteiger partial charge on any atom is -0.0871 e. The Morgan fingerprint density at radius 2 is 1.69 bits per heavy atom. The summed E-state index contributed by atoms with van der Waals surface area (Å²) < 4.78 is 0. The fourth-order valence-corrected chi connectivity index (χ4v) is 1.28. The monoisotopic (exact) mass is 172 g/mol. The fourth-order valence-electron chi connectivity index (χ4n) is 1.28. The van der Waals surface area contributed by atoms with Gasteiger partial charge in [-0.2, -0.15) is 0 Å². The van der Waals surface area contributed by atoms with Crippen molar-refractivity contribution >= 4 is 5.57 Å². The summed E-state index contributed by atoms with van der Waals surface area (Å²) in [5, 5.41) is 0. The molecule has 0 N–H and O–H groups in total. The minimum absolute atomic E-state index is 1.28. The Bertz CT molecular complexity index is 312. The predicted molar refractivity (Wildman–Crippen MR) is 59.6 cm³/mol.